The van der Waals surface area contributed by atoms with Crippen molar-refractivity contribution in [3.63, 3.8) is 0 Å². The monoisotopic (exact) mass is 385 g/mol. The summed E-state index contributed by atoms with van der Waals surface area (Å²) < 4.78 is 19.0. The Kier molecular flexibility index (Phi) is 5.80. The average molecular weight is 387 g/mol. The van der Waals surface area contributed by atoms with Crippen LogP contribution < -0.4 is 10.1 Å². The summed E-state index contributed by atoms with van der Waals surface area (Å²) in [6, 6.07) is 10.8. The summed E-state index contributed by atoms with van der Waals surface area (Å²) in [5.41, 5.74) is 0.822. The van der Waals surface area contributed by atoms with Gasteiger partial charge in [0.1, 0.15) is 11.6 Å². The van der Waals surface area contributed by atoms with Gasteiger partial charge < -0.3 is 10.1 Å². The Labute approximate surface area is 141 Å². The van der Waals surface area contributed by atoms with Crippen molar-refractivity contribution in [2.45, 2.75) is 13.0 Å². The summed E-state index contributed by atoms with van der Waals surface area (Å²) in [5, 5.41) is 3.37. The van der Waals surface area contributed by atoms with E-state index in [0.29, 0.717) is 15.2 Å². The van der Waals surface area contributed by atoms with Crippen LogP contribution in [0.15, 0.2) is 46.9 Å². The van der Waals surface area contributed by atoms with Crippen molar-refractivity contribution in [2.24, 2.45) is 0 Å². The van der Waals surface area contributed by atoms with E-state index >= 15 is 0 Å². The fourth-order valence-corrected chi connectivity index (χ4v) is 2.65. The largest absolute Gasteiger partial charge is 0.483 e. The molecule has 116 valence electrons. The lowest BCUT2D eigenvalue weighted by molar-refractivity contribution is -0.123. The molecule has 2 aromatic carbocycles. The number of ether oxygens (including phenoxy) is 1. The molecular weight excluding hydrogens is 373 g/mol. The maximum Gasteiger partial charge on any atom is 0.258 e. The fourth-order valence-electron chi connectivity index (χ4n) is 1.85. The van der Waals surface area contributed by atoms with Gasteiger partial charge in [-0.2, -0.15) is 0 Å². The Balaban J connectivity index is 1.88. The van der Waals surface area contributed by atoms with Gasteiger partial charge in [-0.3, -0.25) is 4.79 Å². The van der Waals surface area contributed by atoms with Crippen molar-refractivity contribution in [3.8, 4) is 5.75 Å². The van der Waals surface area contributed by atoms with Crippen LogP contribution in [0.2, 0.25) is 5.02 Å². The summed E-state index contributed by atoms with van der Waals surface area (Å²) in [4.78, 5) is 11.9. The molecule has 2 aromatic rings. The highest BCUT2D eigenvalue weighted by Crippen LogP contribution is 2.27. The minimum absolute atomic E-state index is 0.119. The molecule has 2 rings (SSSR count). The number of hydrogen-bond acceptors (Lipinski definition) is 2. The first-order chi connectivity index (χ1) is 10.5. The molecule has 0 heterocycles. The molecule has 0 saturated heterocycles. The average Bonchev–Trinajstić information content (AvgIpc) is 2.47. The van der Waals surface area contributed by atoms with E-state index in [-0.39, 0.29) is 24.4 Å². The van der Waals surface area contributed by atoms with Crippen LogP contribution in [0, 0.1) is 5.82 Å². The first-order valence-corrected chi connectivity index (χ1v) is 7.75. The molecule has 1 N–H and O–H groups in total. The van der Waals surface area contributed by atoms with Crippen LogP contribution in [-0.2, 0) is 4.79 Å². The second kappa shape index (κ2) is 7.61. The molecule has 1 amide bonds. The summed E-state index contributed by atoms with van der Waals surface area (Å²) in [7, 11) is 0. The molecule has 0 radical (unpaired) electrons. The van der Waals surface area contributed by atoms with Crippen LogP contribution in [0.1, 0.15) is 18.5 Å². The molecule has 1 unspecified atom stereocenters. The molecule has 0 aromatic heterocycles. The van der Waals surface area contributed by atoms with Gasteiger partial charge in [-0.05, 0) is 58.7 Å². The Morgan fingerprint density at radius 3 is 2.64 bits per heavy atom. The number of carbonyl (C=O) groups is 1. The quantitative estimate of drug-likeness (QED) is 0.822. The van der Waals surface area contributed by atoms with E-state index in [2.05, 4.69) is 21.2 Å². The Morgan fingerprint density at radius 1 is 1.32 bits per heavy atom. The number of hydrogen-bond donors (Lipinski definition) is 1. The van der Waals surface area contributed by atoms with Crippen LogP contribution >= 0.6 is 27.5 Å². The maximum atomic E-state index is 12.9. The minimum Gasteiger partial charge on any atom is -0.483 e. The standard InChI is InChI=1S/C16H14BrClFNO2/c1-10(11-2-5-13(19)6-3-11)20-16(21)9-22-15-7-4-12(18)8-14(15)17/h2-8,10H,9H2,1H3,(H,20,21). The van der Waals surface area contributed by atoms with E-state index in [9.17, 15) is 9.18 Å². The summed E-state index contributed by atoms with van der Waals surface area (Å²) in [6.07, 6.45) is 0. The molecule has 3 nitrogen and oxygen atoms in total. The minimum atomic E-state index is -0.307. The van der Waals surface area contributed by atoms with E-state index in [0.717, 1.165) is 5.56 Å². The van der Waals surface area contributed by atoms with Crippen LogP contribution in [0.25, 0.3) is 0 Å². The Hall–Kier alpha value is -1.59. The Morgan fingerprint density at radius 2 is 2.00 bits per heavy atom. The van der Waals surface area contributed by atoms with Crippen molar-refractivity contribution in [3.05, 3.63) is 63.3 Å². The zero-order chi connectivity index (χ0) is 16.1. The third-order valence-electron chi connectivity index (χ3n) is 3.00. The van der Waals surface area contributed by atoms with Gasteiger partial charge in [0.05, 0.1) is 10.5 Å². The molecular formula is C16H14BrClFNO2. The second-order valence-electron chi connectivity index (χ2n) is 4.70. The van der Waals surface area contributed by atoms with Crippen molar-refractivity contribution < 1.29 is 13.9 Å². The number of benzene rings is 2. The number of rotatable bonds is 5. The first-order valence-electron chi connectivity index (χ1n) is 6.58. The molecule has 0 aliphatic heterocycles. The maximum absolute atomic E-state index is 12.9. The lowest BCUT2D eigenvalue weighted by Gasteiger charge is -2.15. The predicted molar refractivity (Wildman–Crippen MR) is 87.6 cm³/mol. The smallest absolute Gasteiger partial charge is 0.258 e. The number of nitrogens with one attached hydrogen (secondary N) is 1. The second-order valence-corrected chi connectivity index (χ2v) is 5.99. The molecule has 0 bridgehead atoms. The van der Waals surface area contributed by atoms with Crippen molar-refractivity contribution >= 4 is 33.4 Å². The lowest BCUT2D eigenvalue weighted by Crippen LogP contribution is -2.31. The van der Waals surface area contributed by atoms with Crippen LogP contribution in [0.4, 0.5) is 4.39 Å². The third-order valence-corrected chi connectivity index (χ3v) is 3.85. The summed E-state index contributed by atoms with van der Waals surface area (Å²) in [6.45, 7) is 1.70. The molecule has 6 heteroatoms. The van der Waals surface area contributed by atoms with Gasteiger partial charge in [-0.15, -0.1) is 0 Å². The van der Waals surface area contributed by atoms with Gasteiger partial charge in [0.15, 0.2) is 6.61 Å². The summed E-state index contributed by atoms with van der Waals surface area (Å²) in [5.74, 6) is -0.0362. The first kappa shape index (κ1) is 16.8. The van der Waals surface area contributed by atoms with Crippen LogP contribution in [0.3, 0.4) is 0 Å². The van der Waals surface area contributed by atoms with E-state index in [1.807, 2.05) is 6.92 Å². The zero-order valence-corrected chi connectivity index (χ0v) is 14.1. The third kappa shape index (κ3) is 4.71. The molecule has 0 aliphatic rings. The SMILES string of the molecule is CC(NC(=O)COc1ccc(Cl)cc1Br)c1ccc(F)cc1. The van der Waals surface area contributed by atoms with Crippen LogP contribution in [-0.4, -0.2) is 12.5 Å². The van der Waals surface area contributed by atoms with E-state index in [1.54, 1.807) is 30.3 Å². The van der Waals surface area contributed by atoms with Gasteiger partial charge >= 0.3 is 0 Å². The Bertz CT molecular complexity index is 664. The number of carbonyl (C=O) groups excluding carboxylic acids is 1. The molecule has 0 spiro atoms. The van der Waals surface area contributed by atoms with E-state index in [4.69, 9.17) is 16.3 Å². The highest BCUT2D eigenvalue weighted by atomic mass is 79.9. The van der Waals surface area contributed by atoms with Gasteiger partial charge in [0.25, 0.3) is 5.91 Å². The highest BCUT2D eigenvalue weighted by molar-refractivity contribution is 9.10. The molecule has 1 atom stereocenters. The highest BCUT2D eigenvalue weighted by Gasteiger charge is 2.11. The normalized spacial score (nSPS) is 11.8. The molecule has 0 fully saturated rings. The van der Waals surface area contributed by atoms with Gasteiger partial charge in [0, 0.05) is 5.02 Å². The summed E-state index contributed by atoms with van der Waals surface area (Å²) >= 11 is 9.15. The number of amides is 1. The fraction of sp³-hybridized carbons (Fsp3) is 0.188. The lowest BCUT2D eigenvalue weighted by atomic mass is 10.1. The topological polar surface area (TPSA) is 38.3 Å². The molecule has 0 saturated carbocycles. The van der Waals surface area contributed by atoms with Crippen molar-refractivity contribution in [2.75, 3.05) is 6.61 Å². The van der Waals surface area contributed by atoms with Crippen molar-refractivity contribution in [1.82, 2.24) is 5.32 Å². The van der Waals surface area contributed by atoms with Gasteiger partial charge in [-0.1, -0.05) is 23.7 Å². The molecule has 22 heavy (non-hydrogen) atoms. The zero-order valence-electron chi connectivity index (χ0n) is 11.8. The predicted octanol–water partition coefficient (Wildman–Crippen LogP) is 4.50. The van der Waals surface area contributed by atoms with Gasteiger partial charge in [0.2, 0.25) is 0 Å². The number of halogens is 3. The van der Waals surface area contributed by atoms with Crippen LogP contribution in [0.5, 0.6) is 5.75 Å². The van der Waals surface area contributed by atoms with E-state index < -0.39 is 0 Å². The molecule has 0 aliphatic carbocycles. The van der Waals surface area contributed by atoms with Gasteiger partial charge in [-0.25, -0.2) is 4.39 Å². The van der Waals surface area contributed by atoms with Crippen molar-refractivity contribution in [1.29, 1.82) is 0 Å². The van der Waals surface area contributed by atoms with E-state index in [1.165, 1.54) is 12.1 Å².